The number of rotatable bonds is 2. The summed E-state index contributed by atoms with van der Waals surface area (Å²) in [7, 11) is 0. The zero-order chi connectivity index (χ0) is 12.5. The van der Waals surface area contributed by atoms with Gasteiger partial charge in [-0.1, -0.05) is 48.8 Å². The molecule has 17 heavy (non-hydrogen) atoms. The zero-order valence-electron chi connectivity index (χ0n) is 10.7. The molecule has 1 aromatic carbocycles. The van der Waals surface area contributed by atoms with Crippen molar-refractivity contribution in [3.8, 4) is 0 Å². The third kappa shape index (κ3) is 4.25. The lowest BCUT2D eigenvalue weighted by atomic mass is 9.82. The van der Waals surface area contributed by atoms with Crippen LogP contribution in [-0.4, -0.2) is 11.2 Å². The maximum Gasteiger partial charge on any atom is 0.0781 e. The summed E-state index contributed by atoms with van der Waals surface area (Å²) in [6.07, 6.45) is -0.563. The van der Waals surface area contributed by atoms with E-state index < -0.39 is 6.10 Å². The first-order chi connectivity index (χ1) is 7.23. The van der Waals surface area contributed by atoms with Crippen molar-refractivity contribution in [2.45, 2.75) is 39.8 Å². The summed E-state index contributed by atoms with van der Waals surface area (Å²) in [5.41, 5.74) is 8.00. The highest BCUT2D eigenvalue weighted by Gasteiger charge is 2.29. The summed E-state index contributed by atoms with van der Waals surface area (Å²) >= 11 is 3.49. The largest absolute Gasteiger partial charge is 0.391 e. The smallest absolute Gasteiger partial charge is 0.0781 e. The van der Waals surface area contributed by atoms with Gasteiger partial charge in [-0.25, -0.2) is 0 Å². The van der Waals surface area contributed by atoms with E-state index in [1.54, 1.807) is 0 Å². The van der Waals surface area contributed by atoms with Crippen LogP contribution < -0.4 is 5.73 Å². The van der Waals surface area contributed by atoms with Crippen LogP contribution in [0.2, 0.25) is 0 Å². The molecule has 3 N–H and O–H groups in total. The molecule has 0 bridgehead atoms. The predicted octanol–water partition coefficient (Wildman–Crippen LogP) is 3.59. The Morgan fingerprint density at radius 3 is 2.24 bits per heavy atom. The van der Waals surface area contributed by atoms with Gasteiger partial charge >= 0.3 is 0 Å². The van der Waals surface area contributed by atoms with Gasteiger partial charge in [-0.2, -0.15) is 0 Å². The van der Waals surface area contributed by atoms with Gasteiger partial charge in [0, 0.05) is 4.47 Å². The van der Waals surface area contributed by atoms with Crippen LogP contribution in [0.25, 0.3) is 0 Å². The van der Waals surface area contributed by atoms with E-state index in [1.807, 2.05) is 45.9 Å². The molecular weight excluding hydrogens is 302 g/mol. The molecule has 2 atom stereocenters. The van der Waals surface area contributed by atoms with Crippen molar-refractivity contribution >= 4 is 28.3 Å². The molecule has 98 valence electrons. The number of hydrogen-bond donors (Lipinski definition) is 2. The SMILES string of the molecule is Cc1ccc([C@@H](N)[C@@H](O)C(C)(C)C)c(Br)c1.Cl. The molecular formula is C13H21BrClNO. The molecule has 0 heterocycles. The van der Waals surface area contributed by atoms with Crippen LogP contribution in [0.4, 0.5) is 0 Å². The van der Waals surface area contributed by atoms with E-state index in [2.05, 4.69) is 15.9 Å². The maximum atomic E-state index is 10.2. The van der Waals surface area contributed by atoms with E-state index in [1.165, 1.54) is 5.56 Å². The summed E-state index contributed by atoms with van der Waals surface area (Å²) in [5.74, 6) is 0. The number of benzene rings is 1. The monoisotopic (exact) mass is 321 g/mol. The van der Waals surface area contributed by atoms with Crippen LogP contribution in [0.3, 0.4) is 0 Å². The van der Waals surface area contributed by atoms with Crippen molar-refractivity contribution < 1.29 is 5.11 Å². The Hall–Kier alpha value is -0.0900. The van der Waals surface area contributed by atoms with Crippen molar-refractivity contribution in [1.29, 1.82) is 0 Å². The Labute approximate surface area is 118 Å². The van der Waals surface area contributed by atoms with E-state index in [9.17, 15) is 5.11 Å². The van der Waals surface area contributed by atoms with E-state index in [-0.39, 0.29) is 23.9 Å². The van der Waals surface area contributed by atoms with Gasteiger partial charge in [0.2, 0.25) is 0 Å². The van der Waals surface area contributed by atoms with Gasteiger partial charge in [0.15, 0.2) is 0 Å². The van der Waals surface area contributed by atoms with Crippen molar-refractivity contribution in [3.63, 3.8) is 0 Å². The van der Waals surface area contributed by atoms with Gasteiger partial charge in [-0.3, -0.25) is 0 Å². The minimum absolute atomic E-state index is 0. The van der Waals surface area contributed by atoms with Crippen LogP contribution in [-0.2, 0) is 0 Å². The maximum absolute atomic E-state index is 10.2. The van der Waals surface area contributed by atoms with Gasteiger partial charge in [-0.15, -0.1) is 12.4 Å². The number of aliphatic hydroxyl groups is 1. The predicted molar refractivity (Wildman–Crippen MR) is 78.5 cm³/mol. The number of nitrogens with two attached hydrogens (primary N) is 1. The first-order valence-electron chi connectivity index (χ1n) is 5.43. The highest BCUT2D eigenvalue weighted by molar-refractivity contribution is 9.10. The number of halogens is 2. The first kappa shape index (κ1) is 16.9. The Morgan fingerprint density at radius 2 is 1.82 bits per heavy atom. The van der Waals surface area contributed by atoms with E-state index in [4.69, 9.17) is 5.73 Å². The Balaban J connectivity index is 0.00000256. The standard InChI is InChI=1S/C13H20BrNO.ClH/c1-8-5-6-9(10(14)7-8)11(15)12(16)13(2,3)4;/h5-7,11-12,16H,15H2,1-4H3;1H/t11-,12-;/m1./s1. The quantitative estimate of drug-likeness (QED) is 0.874. The van der Waals surface area contributed by atoms with Crippen LogP contribution in [0, 0.1) is 12.3 Å². The van der Waals surface area contributed by atoms with Crippen molar-refractivity contribution in [3.05, 3.63) is 33.8 Å². The van der Waals surface area contributed by atoms with Gasteiger partial charge in [0.1, 0.15) is 0 Å². The molecule has 0 aromatic heterocycles. The Morgan fingerprint density at radius 1 is 1.29 bits per heavy atom. The molecule has 0 aliphatic heterocycles. The molecule has 4 heteroatoms. The van der Waals surface area contributed by atoms with E-state index in [0.29, 0.717) is 0 Å². The lowest BCUT2D eigenvalue weighted by Crippen LogP contribution is -2.37. The molecule has 0 spiro atoms. The average molecular weight is 323 g/mol. The minimum atomic E-state index is -0.563. The van der Waals surface area contributed by atoms with Crippen LogP contribution >= 0.6 is 28.3 Å². The minimum Gasteiger partial charge on any atom is -0.391 e. The Bertz CT molecular complexity index is 376. The second-order valence-electron chi connectivity index (χ2n) is 5.36. The fourth-order valence-corrected chi connectivity index (χ4v) is 2.37. The van der Waals surface area contributed by atoms with Gasteiger partial charge in [-0.05, 0) is 29.5 Å². The molecule has 0 saturated heterocycles. The van der Waals surface area contributed by atoms with Crippen LogP contribution in [0.1, 0.15) is 37.9 Å². The van der Waals surface area contributed by atoms with Gasteiger partial charge < -0.3 is 10.8 Å². The van der Waals surface area contributed by atoms with Crippen molar-refractivity contribution in [2.24, 2.45) is 11.1 Å². The van der Waals surface area contributed by atoms with Crippen LogP contribution in [0.5, 0.6) is 0 Å². The summed E-state index contributed by atoms with van der Waals surface area (Å²) < 4.78 is 0.961. The lowest BCUT2D eigenvalue weighted by Gasteiger charge is -2.31. The zero-order valence-corrected chi connectivity index (χ0v) is 13.1. The highest BCUT2D eigenvalue weighted by atomic mass is 79.9. The number of hydrogen-bond acceptors (Lipinski definition) is 2. The third-order valence-electron chi connectivity index (χ3n) is 2.74. The fourth-order valence-electron chi connectivity index (χ4n) is 1.61. The summed E-state index contributed by atoms with van der Waals surface area (Å²) in [6, 6.07) is 5.63. The second-order valence-corrected chi connectivity index (χ2v) is 6.22. The number of aryl methyl sites for hydroxylation is 1. The molecule has 0 aliphatic carbocycles. The first-order valence-corrected chi connectivity index (χ1v) is 6.22. The van der Waals surface area contributed by atoms with Gasteiger partial charge in [0.05, 0.1) is 12.1 Å². The molecule has 2 nitrogen and oxygen atoms in total. The molecule has 1 aromatic rings. The normalized spacial score (nSPS) is 15.0. The van der Waals surface area contributed by atoms with E-state index in [0.717, 1.165) is 10.0 Å². The van der Waals surface area contributed by atoms with Crippen LogP contribution in [0.15, 0.2) is 22.7 Å². The summed E-state index contributed by atoms with van der Waals surface area (Å²) in [5, 5.41) is 10.2. The molecule has 0 saturated carbocycles. The Kier molecular flexibility index (Phi) is 6.15. The molecule has 1 rings (SSSR count). The topological polar surface area (TPSA) is 46.2 Å². The van der Waals surface area contributed by atoms with Crippen molar-refractivity contribution in [2.75, 3.05) is 0 Å². The number of aliphatic hydroxyl groups excluding tert-OH is 1. The molecule has 0 fully saturated rings. The highest BCUT2D eigenvalue weighted by Crippen LogP contribution is 2.32. The second kappa shape index (κ2) is 6.19. The van der Waals surface area contributed by atoms with E-state index >= 15 is 0 Å². The molecule has 0 amide bonds. The average Bonchev–Trinajstić information content (AvgIpc) is 2.14. The third-order valence-corrected chi connectivity index (χ3v) is 3.43. The molecule has 0 radical (unpaired) electrons. The summed E-state index contributed by atoms with van der Waals surface area (Å²) in [4.78, 5) is 0. The fraction of sp³-hybridized carbons (Fsp3) is 0.538. The van der Waals surface area contributed by atoms with Crippen molar-refractivity contribution in [1.82, 2.24) is 0 Å². The summed E-state index contributed by atoms with van der Waals surface area (Å²) in [6.45, 7) is 7.99. The lowest BCUT2D eigenvalue weighted by molar-refractivity contribution is 0.0399. The molecule has 0 aliphatic rings. The van der Waals surface area contributed by atoms with Gasteiger partial charge in [0.25, 0.3) is 0 Å². The molecule has 0 unspecified atom stereocenters.